The quantitative estimate of drug-likeness (QED) is 0.680. The highest BCUT2D eigenvalue weighted by atomic mass is 16.5. The number of carboxylic acid groups (broad SMARTS) is 1. The van der Waals surface area contributed by atoms with Crippen molar-refractivity contribution in [3.8, 4) is 0 Å². The molecule has 0 spiro atoms. The molecule has 0 aromatic carbocycles. The van der Waals surface area contributed by atoms with Gasteiger partial charge in [0, 0.05) is 12.5 Å². The number of allylic oxidation sites excluding steroid dienone is 3. The summed E-state index contributed by atoms with van der Waals surface area (Å²) in [6.07, 6.45) is 5.82. The molecule has 0 atom stereocenters. The molecule has 0 fully saturated rings. The Hall–Kier alpha value is -1.25. The molecule has 0 saturated carbocycles. The van der Waals surface area contributed by atoms with Crippen molar-refractivity contribution in [3.63, 3.8) is 0 Å². The summed E-state index contributed by atoms with van der Waals surface area (Å²) in [5.41, 5.74) is 0.849. The molecule has 1 aliphatic rings. The standard InChI is InChI=1S/C10H14O3/c1-2-13-9-5-3-4-8(6-9)7-10(11)12/h6-7H,2-5H2,1H3,(H,11,12)/b8-7+. The van der Waals surface area contributed by atoms with Gasteiger partial charge in [0.05, 0.1) is 12.4 Å². The Bertz CT molecular complexity index is 251. The maximum atomic E-state index is 10.4. The summed E-state index contributed by atoms with van der Waals surface area (Å²) in [5.74, 6) is 0.0187. The van der Waals surface area contributed by atoms with Gasteiger partial charge in [-0.25, -0.2) is 4.79 Å². The molecule has 0 aromatic heterocycles. The van der Waals surface area contributed by atoms with Crippen LogP contribution in [0.4, 0.5) is 0 Å². The van der Waals surface area contributed by atoms with Crippen molar-refractivity contribution in [1.29, 1.82) is 0 Å². The lowest BCUT2D eigenvalue weighted by molar-refractivity contribution is -0.131. The third kappa shape index (κ3) is 3.32. The van der Waals surface area contributed by atoms with E-state index in [1.54, 1.807) is 0 Å². The molecule has 1 N–H and O–H groups in total. The first kappa shape index (κ1) is 9.84. The molecule has 3 nitrogen and oxygen atoms in total. The van der Waals surface area contributed by atoms with E-state index in [1.807, 2.05) is 13.0 Å². The second-order valence-electron chi connectivity index (χ2n) is 2.95. The number of carboxylic acids is 1. The smallest absolute Gasteiger partial charge is 0.328 e. The van der Waals surface area contributed by atoms with Gasteiger partial charge in [-0.3, -0.25) is 0 Å². The fourth-order valence-corrected chi connectivity index (χ4v) is 1.39. The van der Waals surface area contributed by atoms with Crippen molar-refractivity contribution >= 4 is 5.97 Å². The van der Waals surface area contributed by atoms with Crippen LogP contribution in [0.25, 0.3) is 0 Å². The number of rotatable bonds is 3. The molecule has 0 saturated heterocycles. The Morgan fingerprint density at radius 2 is 2.46 bits per heavy atom. The van der Waals surface area contributed by atoms with Crippen LogP contribution in [-0.2, 0) is 9.53 Å². The van der Waals surface area contributed by atoms with Crippen LogP contribution in [-0.4, -0.2) is 17.7 Å². The zero-order chi connectivity index (χ0) is 9.68. The minimum absolute atomic E-state index is 0.645. The lowest BCUT2D eigenvalue weighted by atomic mass is 10.0. The van der Waals surface area contributed by atoms with E-state index in [0.717, 1.165) is 30.6 Å². The molecule has 3 heteroatoms. The zero-order valence-electron chi connectivity index (χ0n) is 7.75. The van der Waals surface area contributed by atoms with Gasteiger partial charge < -0.3 is 9.84 Å². The van der Waals surface area contributed by atoms with Crippen LogP contribution in [0, 0.1) is 0 Å². The predicted molar refractivity (Wildman–Crippen MR) is 49.3 cm³/mol. The molecule has 1 aliphatic carbocycles. The first-order chi connectivity index (χ1) is 6.22. The van der Waals surface area contributed by atoms with Gasteiger partial charge >= 0.3 is 5.97 Å². The van der Waals surface area contributed by atoms with E-state index < -0.39 is 5.97 Å². The van der Waals surface area contributed by atoms with E-state index in [4.69, 9.17) is 9.84 Å². The molecule has 0 aromatic rings. The largest absolute Gasteiger partial charge is 0.498 e. The second kappa shape index (κ2) is 4.70. The van der Waals surface area contributed by atoms with E-state index >= 15 is 0 Å². The predicted octanol–water partition coefficient (Wildman–Crippen LogP) is 2.10. The summed E-state index contributed by atoms with van der Waals surface area (Å²) in [7, 11) is 0. The number of aliphatic carboxylic acids is 1. The molecule has 0 heterocycles. The van der Waals surface area contributed by atoms with E-state index in [9.17, 15) is 4.79 Å². The van der Waals surface area contributed by atoms with Gasteiger partial charge in [-0.15, -0.1) is 0 Å². The molecule has 13 heavy (non-hydrogen) atoms. The lowest BCUT2D eigenvalue weighted by Crippen LogP contribution is -2.01. The number of ether oxygens (including phenoxy) is 1. The van der Waals surface area contributed by atoms with Gasteiger partial charge in [0.15, 0.2) is 0 Å². The van der Waals surface area contributed by atoms with Crippen LogP contribution in [0.5, 0.6) is 0 Å². The summed E-state index contributed by atoms with van der Waals surface area (Å²) < 4.78 is 5.32. The van der Waals surface area contributed by atoms with Gasteiger partial charge in [0.1, 0.15) is 0 Å². The van der Waals surface area contributed by atoms with Crippen LogP contribution in [0.2, 0.25) is 0 Å². The van der Waals surface area contributed by atoms with E-state index in [1.165, 1.54) is 6.08 Å². The third-order valence-electron chi connectivity index (χ3n) is 1.87. The Morgan fingerprint density at radius 1 is 1.69 bits per heavy atom. The summed E-state index contributed by atoms with van der Waals surface area (Å²) in [6, 6.07) is 0. The third-order valence-corrected chi connectivity index (χ3v) is 1.87. The van der Waals surface area contributed by atoms with Crippen LogP contribution >= 0.6 is 0 Å². The Labute approximate surface area is 77.7 Å². The SMILES string of the molecule is CCOC1=C/C(=C/C(=O)O)CCC1. The summed E-state index contributed by atoms with van der Waals surface area (Å²) >= 11 is 0. The fraction of sp³-hybridized carbons (Fsp3) is 0.500. The van der Waals surface area contributed by atoms with E-state index in [-0.39, 0.29) is 0 Å². The highest BCUT2D eigenvalue weighted by molar-refractivity contribution is 5.81. The lowest BCUT2D eigenvalue weighted by Gasteiger charge is -2.14. The van der Waals surface area contributed by atoms with Crippen LogP contribution in [0.1, 0.15) is 26.2 Å². The Kier molecular flexibility index (Phi) is 3.55. The van der Waals surface area contributed by atoms with E-state index in [2.05, 4.69) is 0 Å². The van der Waals surface area contributed by atoms with Crippen LogP contribution in [0.3, 0.4) is 0 Å². The average molecular weight is 182 g/mol. The summed E-state index contributed by atoms with van der Waals surface area (Å²) in [4.78, 5) is 10.4. The van der Waals surface area contributed by atoms with Gasteiger partial charge in [-0.1, -0.05) is 0 Å². The van der Waals surface area contributed by atoms with Crippen molar-refractivity contribution in [3.05, 3.63) is 23.5 Å². The van der Waals surface area contributed by atoms with Crippen LogP contribution < -0.4 is 0 Å². The van der Waals surface area contributed by atoms with Crippen molar-refractivity contribution in [1.82, 2.24) is 0 Å². The average Bonchev–Trinajstić information content (AvgIpc) is 2.04. The first-order valence-corrected chi connectivity index (χ1v) is 4.49. The fourth-order valence-electron chi connectivity index (χ4n) is 1.39. The first-order valence-electron chi connectivity index (χ1n) is 4.49. The van der Waals surface area contributed by atoms with Crippen molar-refractivity contribution in [2.75, 3.05) is 6.61 Å². The Morgan fingerprint density at radius 3 is 3.08 bits per heavy atom. The monoisotopic (exact) mass is 182 g/mol. The highest BCUT2D eigenvalue weighted by Gasteiger charge is 2.08. The number of hydrogen-bond donors (Lipinski definition) is 1. The zero-order valence-corrected chi connectivity index (χ0v) is 7.75. The molecule has 0 radical (unpaired) electrons. The van der Waals surface area contributed by atoms with E-state index in [0.29, 0.717) is 6.61 Å². The topological polar surface area (TPSA) is 46.5 Å². The molecule has 1 rings (SSSR count). The maximum Gasteiger partial charge on any atom is 0.328 e. The van der Waals surface area contributed by atoms with Crippen molar-refractivity contribution < 1.29 is 14.6 Å². The molecule has 0 bridgehead atoms. The minimum atomic E-state index is -0.885. The summed E-state index contributed by atoms with van der Waals surface area (Å²) in [6.45, 7) is 2.57. The maximum absolute atomic E-state index is 10.4. The normalized spacial score (nSPS) is 19.8. The molecule has 0 aliphatic heterocycles. The van der Waals surface area contributed by atoms with Crippen molar-refractivity contribution in [2.45, 2.75) is 26.2 Å². The summed E-state index contributed by atoms with van der Waals surface area (Å²) in [5, 5.41) is 8.54. The molecule has 0 unspecified atom stereocenters. The Balaban J connectivity index is 2.67. The molecule has 72 valence electrons. The van der Waals surface area contributed by atoms with Gasteiger partial charge in [-0.2, -0.15) is 0 Å². The minimum Gasteiger partial charge on any atom is -0.498 e. The number of carbonyl (C=O) groups is 1. The molecule has 0 amide bonds. The highest BCUT2D eigenvalue weighted by Crippen LogP contribution is 2.22. The van der Waals surface area contributed by atoms with Crippen LogP contribution in [0.15, 0.2) is 23.5 Å². The molecular formula is C10H14O3. The number of hydrogen-bond acceptors (Lipinski definition) is 2. The van der Waals surface area contributed by atoms with Gasteiger partial charge in [-0.05, 0) is 31.4 Å². The van der Waals surface area contributed by atoms with Gasteiger partial charge in [0.2, 0.25) is 0 Å². The van der Waals surface area contributed by atoms with Gasteiger partial charge in [0.25, 0.3) is 0 Å². The van der Waals surface area contributed by atoms with Crippen molar-refractivity contribution in [2.24, 2.45) is 0 Å². The molecular weight excluding hydrogens is 168 g/mol. The second-order valence-corrected chi connectivity index (χ2v) is 2.95.